The largest absolute Gasteiger partial charge is 0.493 e. The number of piperidine rings is 1. The van der Waals surface area contributed by atoms with Crippen LogP contribution in [0, 0.1) is 5.41 Å². The number of amides is 1. The first-order chi connectivity index (χ1) is 21.1. The minimum absolute atomic E-state index is 0.137. The number of likely N-dealkylation sites (tertiary alicyclic amines) is 1. The van der Waals surface area contributed by atoms with Gasteiger partial charge in [-0.3, -0.25) is 14.4 Å². The molecule has 1 spiro atoms. The zero-order chi connectivity index (χ0) is 29.5. The molecule has 0 atom stereocenters. The summed E-state index contributed by atoms with van der Waals surface area (Å²) in [5, 5.41) is 11.8. The topological polar surface area (TPSA) is 99.3 Å². The average molecular weight is 584 g/mol. The highest BCUT2D eigenvalue weighted by Gasteiger charge is 2.40. The van der Waals surface area contributed by atoms with Crippen LogP contribution in [0.2, 0.25) is 0 Å². The summed E-state index contributed by atoms with van der Waals surface area (Å²) in [7, 11) is 0. The molecule has 1 saturated heterocycles. The summed E-state index contributed by atoms with van der Waals surface area (Å²) < 4.78 is 16.0. The Labute approximate surface area is 253 Å². The van der Waals surface area contributed by atoms with Gasteiger partial charge in [0.1, 0.15) is 23.8 Å². The van der Waals surface area contributed by atoms with E-state index in [2.05, 4.69) is 55.2 Å². The van der Waals surface area contributed by atoms with Gasteiger partial charge in [-0.2, -0.15) is 0 Å². The molecule has 4 heterocycles. The molecule has 43 heavy (non-hydrogen) atoms. The zero-order valence-corrected chi connectivity index (χ0v) is 25.0. The predicted molar refractivity (Wildman–Crippen MR) is 162 cm³/mol. The van der Waals surface area contributed by atoms with E-state index in [0.29, 0.717) is 19.8 Å². The summed E-state index contributed by atoms with van der Waals surface area (Å²) in [6.07, 6.45) is 11.9. The molecule has 0 radical (unpaired) electrons. The highest BCUT2D eigenvalue weighted by atomic mass is 16.5. The fraction of sp³-hybridized carbons (Fsp3) is 0.455. The summed E-state index contributed by atoms with van der Waals surface area (Å²) in [5.41, 5.74) is 3.76. The smallest absolute Gasteiger partial charge is 0.226 e. The Morgan fingerprint density at radius 3 is 2.79 bits per heavy atom. The number of hydrogen-bond acceptors (Lipinski definition) is 7. The van der Waals surface area contributed by atoms with E-state index in [0.717, 1.165) is 93.1 Å². The summed E-state index contributed by atoms with van der Waals surface area (Å²) in [5.74, 6) is 1.83. The van der Waals surface area contributed by atoms with Crippen LogP contribution in [0.5, 0.6) is 11.5 Å². The van der Waals surface area contributed by atoms with Crippen LogP contribution in [0.3, 0.4) is 0 Å². The number of ether oxygens (including phenoxy) is 2. The second kappa shape index (κ2) is 13.4. The number of para-hydroxylation sites is 1. The second-order valence-corrected chi connectivity index (χ2v) is 11.7. The quantitative estimate of drug-likeness (QED) is 0.340. The Balaban J connectivity index is 1.15. The van der Waals surface area contributed by atoms with Gasteiger partial charge in [0.05, 0.1) is 31.1 Å². The van der Waals surface area contributed by atoms with Crippen LogP contribution in [-0.4, -0.2) is 55.0 Å². The molecule has 1 fully saturated rings. The van der Waals surface area contributed by atoms with Crippen molar-refractivity contribution in [3.8, 4) is 11.5 Å². The van der Waals surface area contributed by atoms with Gasteiger partial charge in [-0.05, 0) is 69.0 Å². The van der Waals surface area contributed by atoms with E-state index >= 15 is 0 Å². The summed E-state index contributed by atoms with van der Waals surface area (Å²) >= 11 is 0. The molecule has 2 aliphatic rings. The number of rotatable bonds is 7. The zero-order valence-electron chi connectivity index (χ0n) is 25.0. The van der Waals surface area contributed by atoms with E-state index in [4.69, 9.17) is 9.47 Å². The van der Waals surface area contributed by atoms with Gasteiger partial charge in [0.25, 0.3) is 0 Å². The molecular weight excluding hydrogens is 542 g/mol. The molecule has 2 aromatic heterocycles. The summed E-state index contributed by atoms with van der Waals surface area (Å²) in [6.45, 7) is 7.64. The maximum absolute atomic E-state index is 13.9. The fourth-order valence-electron chi connectivity index (χ4n) is 6.17. The van der Waals surface area contributed by atoms with E-state index < -0.39 is 5.41 Å². The number of hydrogen-bond donors (Lipinski definition) is 1. The van der Waals surface area contributed by atoms with Crippen molar-refractivity contribution in [2.24, 2.45) is 5.41 Å². The maximum atomic E-state index is 13.9. The van der Waals surface area contributed by atoms with Crippen LogP contribution in [0.25, 0.3) is 0 Å². The predicted octanol–water partition coefficient (Wildman–Crippen LogP) is 4.58. The Morgan fingerprint density at radius 1 is 1.07 bits per heavy atom. The highest BCUT2D eigenvalue weighted by molar-refractivity contribution is 5.82. The molecule has 0 unspecified atom stereocenters. The molecular formula is C33H41N7O3. The number of carbonyl (C=O) groups excluding carboxylic acids is 1. The first-order valence-electron chi connectivity index (χ1n) is 15.4. The van der Waals surface area contributed by atoms with Crippen LogP contribution in [0.4, 0.5) is 0 Å². The molecule has 0 saturated carbocycles. The van der Waals surface area contributed by atoms with Crippen molar-refractivity contribution in [3.05, 3.63) is 89.8 Å². The number of aromatic nitrogens is 5. The van der Waals surface area contributed by atoms with Crippen molar-refractivity contribution in [3.63, 3.8) is 0 Å². The molecule has 4 aromatic rings. The average Bonchev–Trinajstić information content (AvgIpc) is 3.72. The number of carbonyl (C=O) groups is 1. The van der Waals surface area contributed by atoms with Gasteiger partial charge in [0, 0.05) is 43.2 Å². The third-order valence-corrected chi connectivity index (χ3v) is 8.62. The van der Waals surface area contributed by atoms with E-state index in [-0.39, 0.29) is 5.91 Å². The van der Waals surface area contributed by atoms with Crippen LogP contribution >= 0.6 is 0 Å². The summed E-state index contributed by atoms with van der Waals surface area (Å²) in [6, 6.07) is 14.4. The van der Waals surface area contributed by atoms with Gasteiger partial charge in [0.2, 0.25) is 5.91 Å². The third kappa shape index (κ3) is 7.07. The number of imidazole rings is 1. The van der Waals surface area contributed by atoms with Gasteiger partial charge in [-0.15, -0.1) is 5.10 Å². The van der Waals surface area contributed by atoms with Gasteiger partial charge in [-0.25, -0.2) is 4.98 Å². The van der Waals surface area contributed by atoms with Crippen molar-refractivity contribution >= 4 is 5.91 Å². The third-order valence-electron chi connectivity index (χ3n) is 8.62. The minimum Gasteiger partial charge on any atom is -0.493 e. The van der Waals surface area contributed by atoms with Crippen molar-refractivity contribution in [1.29, 1.82) is 0 Å². The normalized spacial score (nSPS) is 17.5. The lowest BCUT2D eigenvalue weighted by molar-refractivity contribution is -0.135. The molecule has 226 valence electrons. The molecule has 10 nitrogen and oxygen atoms in total. The molecule has 0 aliphatic carbocycles. The number of nitrogens with one attached hydrogen (secondary N) is 1. The number of aryl methyl sites for hydroxylation is 1. The monoisotopic (exact) mass is 583 g/mol. The Hall–Kier alpha value is -4.18. The van der Waals surface area contributed by atoms with Crippen LogP contribution in [0.15, 0.2) is 67.4 Å². The summed E-state index contributed by atoms with van der Waals surface area (Å²) in [4.78, 5) is 20.5. The molecule has 10 heteroatoms. The SMILES string of the molecule is CCCOc1ccc(CN2CCC3(CCCn4cc(nn4)COc4ccccc4CNC3=O)CC2)cc1Cn1ccnc1. The second-order valence-electron chi connectivity index (χ2n) is 11.7. The fourth-order valence-corrected chi connectivity index (χ4v) is 6.17. The van der Waals surface area contributed by atoms with E-state index in [1.807, 2.05) is 47.7 Å². The number of nitrogens with zero attached hydrogens (tertiary/aromatic N) is 6. The Bertz CT molecular complexity index is 1490. The van der Waals surface area contributed by atoms with E-state index in [1.54, 1.807) is 6.20 Å². The van der Waals surface area contributed by atoms with Crippen molar-refractivity contribution < 1.29 is 14.3 Å². The van der Waals surface area contributed by atoms with Crippen LogP contribution in [0.1, 0.15) is 61.4 Å². The van der Waals surface area contributed by atoms with Gasteiger partial charge < -0.3 is 19.4 Å². The highest BCUT2D eigenvalue weighted by Crippen LogP contribution is 2.38. The van der Waals surface area contributed by atoms with Gasteiger partial charge >= 0.3 is 0 Å². The minimum atomic E-state index is -0.412. The van der Waals surface area contributed by atoms with Crippen molar-refractivity contribution in [1.82, 2.24) is 34.8 Å². The molecule has 6 rings (SSSR count). The number of benzene rings is 2. The number of fused-ring (bicyclic) bond motifs is 3. The standard InChI is InChI=1S/C33H41N7O3/c1-2-18-42-31-9-8-26(19-28(31)22-39-17-13-34-25-39)21-38-15-11-33(12-16-38)10-5-14-40-23-29(36-37-40)24-43-30-7-4-3-6-27(30)20-35-32(33)41/h3-4,6-9,13,17,19,23,25H,2,5,10-12,14-16,18,20-22,24H2,1H3,(H,35,41). The Morgan fingerprint density at radius 2 is 1.95 bits per heavy atom. The molecule has 2 aliphatic heterocycles. The lowest BCUT2D eigenvalue weighted by atomic mass is 9.73. The lowest BCUT2D eigenvalue weighted by Crippen LogP contribution is -2.48. The first-order valence-corrected chi connectivity index (χ1v) is 15.4. The van der Waals surface area contributed by atoms with Gasteiger partial charge in [0.15, 0.2) is 0 Å². The lowest BCUT2D eigenvalue weighted by Gasteiger charge is -2.41. The first kappa shape index (κ1) is 28.9. The Kier molecular flexibility index (Phi) is 9.02. The molecule has 1 amide bonds. The van der Waals surface area contributed by atoms with Gasteiger partial charge in [-0.1, -0.05) is 36.4 Å². The molecule has 2 bridgehead atoms. The maximum Gasteiger partial charge on any atom is 0.226 e. The van der Waals surface area contributed by atoms with Crippen LogP contribution < -0.4 is 14.8 Å². The van der Waals surface area contributed by atoms with Crippen molar-refractivity contribution in [2.45, 2.75) is 71.8 Å². The van der Waals surface area contributed by atoms with Crippen molar-refractivity contribution in [2.75, 3.05) is 19.7 Å². The molecule has 1 N–H and O–H groups in total. The van der Waals surface area contributed by atoms with Crippen LogP contribution in [-0.2, 0) is 37.6 Å². The van der Waals surface area contributed by atoms with E-state index in [9.17, 15) is 4.79 Å². The van der Waals surface area contributed by atoms with E-state index in [1.165, 1.54) is 5.56 Å². The molecule has 2 aromatic carbocycles.